The van der Waals surface area contributed by atoms with E-state index < -0.39 is 0 Å². The van der Waals surface area contributed by atoms with Crippen LogP contribution in [0.15, 0.2) is 91.7 Å². The van der Waals surface area contributed by atoms with Gasteiger partial charge in [-0.3, -0.25) is 9.98 Å². The number of ether oxygens (including phenoxy) is 2. The monoisotopic (exact) mass is 676 g/mol. The number of phenolic OH excluding ortho intramolecular Hbond substituents is 2. The smallest absolute Gasteiger partial charge is 0.145 e. The minimum Gasteiger partial charge on any atom is -0.507 e. The van der Waals surface area contributed by atoms with Gasteiger partial charge in [-0.1, -0.05) is 55.1 Å². The molecule has 0 amide bonds. The number of hydrogen-bond acceptors (Lipinski definition) is 6. The van der Waals surface area contributed by atoms with E-state index in [4.69, 9.17) is 32.7 Å². The molecule has 0 heterocycles. The summed E-state index contributed by atoms with van der Waals surface area (Å²) in [5.41, 5.74) is 2.09. The molecule has 4 aromatic rings. The van der Waals surface area contributed by atoms with Gasteiger partial charge in [-0.25, -0.2) is 0 Å². The fourth-order valence-corrected chi connectivity index (χ4v) is 4.36. The molecular weight excluding hydrogens is 659 g/mol. The average molecular weight is 679 g/mol. The molecule has 194 valence electrons. The summed E-state index contributed by atoms with van der Waals surface area (Å²) in [6, 6.07) is 20.3. The SMILES string of the molecule is Oc1ccc(Br)cc1C=Nc1cc(Cl)ccc1OCCOc1ccc(Cl)cc1N=Cc1cc(Br)ccc1O. The molecule has 0 saturated heterocycles. The first-order valence-corrected chi connectivity index (χ1v) is 13.5. The number of aromatic hydroxyl groups is 2. The maximum Gasteiger partial charge on any atom is 0.145 e. The Morgan fingerprint density at radius 3 is 1.47 bits per heavy atom. The molecule has 0 radical (unpaired) electrons. The van der Waals surface area contributed by atoms with Crippen LogP contribution in [0.2, 0.25) is 10.0 Å². The minimum atomic E-state index is 0.103. The lowest BCUT2D eigenvalue weighted by Gasteiger charge is -2.12. The van der Waals surface area contributed by atoms with Crippen molar-refractivity contribution in [2.45, 2.75) is 0 Å². The van der Waals surface area contributed by atoms with Gasteiger partial charge >= 0.3 is 0 Å². The Morgan fingerprint density at radius 1 is 0.632 bits per heavy atom. The molecule has 0 unspecified atom stereocenters. The van der Waals surface area contributed by atoms with Gasteiger partial charge in [-0.05, 0) is 72.8 Å². The molecule has 0 fully saturated rings. The molecular formula is C28H20Br2Cl2N2O4. The van der Waals surface area contributed by atoms with Crippen LogP contribution in [0.25, 0.3) is 0 Å². The molecule has 10 heteroatoms. The zero-order valence-electron chi connectivity index (χ0n) is 19.6. The van der Waals surface area contributed by atoms with Crippen molar-refractivity contribution in [3.05, 3.63) is 103 Å². The van der Waals surface area contributed by atoms with E-state index >= 15 is 0 Å². The Kier molecular flexibility index (Phi) is 9.69. The fourth-order valence-electron chi connectivity index (χ4n) is 3.27. The molecule has 0 spiro atoms. The van der Waals surface area contributed by atoms with E-state index in [0.717, 1.165) is 8.95 Å². The number of benzene rings is 4. The molecule has 6 nitrogen and oxygen atoms in total. The predicted molar refractivity (Wildman–Crippen MR) is 160 cm³/mol. The number of aliphatic imine (C=N–C) groups is 2. The predicted octanol–water partition coefficient (Wildman–Crippen LogP) is 8.89. The normalized spacial score (nSPS) is 11.4. The average Bonchev–Trinajstić information content (AvgIpc) is 2.89. The number of nitrogens with zero attached hydrogens (tertiary/aromatic N) is 2. The van der Waals surface area contributed by atoms with E-state index in [2.05, 4.69) is 41.8 Å². The molecule has 0 aliphatic heterocycles. The summed E-state index contributed by atoms with van der Waals surface area (Å²) >= 11 is 19.1. The summed E-state index contributed by atoms with van der Waals surface area (Å²) in [5, 5.41) is 21.1. The Bertz CT molecular complexity index is 1400. The van der Waals surface area contributed by atoms with Gasteiger partial charge in [0, 0.05) is 42.5 Å². The van der Waals surface area contributed by atoms with Gasteiger partial charge in [0.2, 0.25) is 0 Å². The van der Waals surface area contributed by atoms with Crippen LogP contribution < -0.4 is 9.47 Å². The molecule has 0 aliphatic carbocycles. The molecule has 0 aromatic heterocycles. The van der Waals surface area contributed by atoms with Crippen LogP contribution >= 0.6 is 55.1 Å². The van der Waals surface area contributed by atoms with Gasteiger partial charge < -0.3 is 19.7 Å². The van der Waals surface area contributed by atoms with E-state index in [-0.39, 0.29) is 24.7 Å². The number of phenols is 2. The zero-order chi connectivity index (χ0) is 27.1. The Balaban J connectivity index is 1.43. The highest BCUT2D eigenvalue weighted by atomic mass is 79.9. The quantitative estimate of drug-likeness (QED) is 0.137. The Morgan fingerprint density at radius 2 is 1.05 bits per heavy atom. The van der Waals surface area contributed by atoms with Gasteiger partial charge in [-0.2, -0.15) is 0 Å². The van der Waals surface area contributed by atoms with Crippen molar-refractivity contribution in [2.24, 2.45) is 9.98 Å². The van der Waals surface area contributed by atoms with Crippen LogP contribution in [-0.4, -0.2) is 35.9 Å². The van der Waals surface area contributed by atoms with E-state index in [0.29, 0.717) is 44.0 Å². The lowest BCUT2D eigenvalue weighted by atomic mass is 10.2. The summed E-state index contributed by atoms with van der Waals surface area (Å²) < 4.78 is 13.4. The van der Waals surface area contributed by atoms with Crippen LogP contribution in [0.5, 0.6) is 23.0 Å². The van der Waals surface area contributed by atoms with E-state index in [1.54, 1.807) is 72.8 Å². The molecule has 4 rings (SSSR count). The molecule has 38 heavy (non-hydrogen) atoms. The first-order valence-electron chi connectivity index (χ1n) is 11.2. The molecule has 4 aromatic carbocycles. The van der Waals surface area contributed by atoms with Gasteiger partial charge in [0.25, 0.3) is 0 Å². The molecule has 0 atom stereocenters. The summed E-state index contributed by atoms with van der Waals surface area (Å²) in [5.74, 6) is 1.21. The highest BCUT2D eigenvalue weighted by Crippen LogP contribution is 2.33. The van der Waals surface area contributed by atoms with Crippen molar-refractivity contribution in [3.63, 3.8) is 0 Å². The summed E-state index contributed by atoms with van der Waals surface area (Å²) in [4.78, 5) is 8.91. The van der Waals surface area contributed by atoms with E-state index in [1.807, 2.05) is 0 Å². The van der Waals surface area contributed by atoms with Crippen molar-refractivity contribution in [1.82, 2.24) is 0 Å². The van der Waals surface area contributed by atoms with Crippen LogP contribution in [0, 0.1) is 0 Å². The molecule has 0 aliphatic rings. The second-order valence-electron chi connectivity index (χ2n) is 7.84. The highest BCUT2D eigenvalue weighted by Gasteiger charge is 2.08. The summed E-state index contributed by atoms with van der Waals surface area (Å²) in [6.07, 6.45) is 3.08. The van der Waals surface area contributed by atoms with E-state index in [9.17, 15) is 10.2 Å². The number of halogens is 4. The lowest BCUT2D eigenvalue weighted by Crippen LogP contribution is -2.09. The van der Waals surface area contributed by atoms with Crippen LogP contribution in [0.3, 0.4) is 0 Å². The van der Waals surface area contributed by atoms with Gasteiger partial charge in [0.15, 0.2) is 0 Å². The van der Waals surface area contributed by atoms with Gasteiger partial charge in [0.05, 0.1) is 0 Å². The highest BCUT2D eigenvalue weighted by molar-refractivity contribution is 9.10. The first-order chi connectivity index (χ1) is 18.3. The molecule has 2 N–H and O–H groups in total. The Labute approximate surface area is 246 Å². The largest absolute Gasteiger partial charge is 0.507 e. The lowest BCUT2D eigenvalue weighted by molar-refractivity contribution is 0.218. The third-order valence-corrected chi connectivity index (χ3v) is 6.56. The molecule has 0 saturated carbocycles. The standard InChI is InChI=1S/C28H20Br2Cl2N2O4/c29-19-1-5-25(35)17(11-19)15-33-23-13-21(31)3-7-27(23)37-9-10-38-28-8-4-22(32)14-24(28)34-16-18-12-20(30)2-6-26(18)36/h1-8,11-16,35-36H,9-10H2. The van der Waals surface area contributed by atoms with Crippen LogP contribution in [0.1, 0.15) is 11.1 Å². The topological polar surface area (TPSA) is 83.6 Å². The molecule has 0 bridgehead atoms. The third kappa shape index (κ3) is 7.74. The zero-order valence-corrected chi connectivity index (χ0v) is 24.3. The first kappa shape index (κ1) is 28.0. The van der Waals surface area contributed by atoms with Gasteiger partial charge in [-0.15, -0.1) is 0 Å². The van der Waals surface area contributed by atoms with Crippen molar-refractivity contribution in [1.29, 1.82) is 0 Å². The van der Waals surface area contributed by atoms with Crippen LogP contribution in [0.4, 0.5) is 11.4 Å². The summed E-state index contributed by atoms with van der Waals surface area (Å²) in [6.45, 7) is 0.426. The van der Waals surface area contributed by atoms with Crippen molar-refractivity contribution < 1.29 is 19.7 Å². The number of hydrogen-bond donors (Lipinski definition) is 2. The Hall–Kier alpha value is -3.04. The number of rotatable bonds is 9. The third-order valence-electron chi connectivity index (χ3n) is 5.11. The van der Waals surface area contributed by atoms with Crippen LogP contribution in [-0.2, 0) is 0 Å². The fraction of sp³-hybridized carbons (Fsp3) is 0.0714. The van der Waals surface area contributed by atoms with Gasteiger partial charge in [0.1, 0.15) is 47.6 Å². The maximum atomic E-state index is 10.1. The minimum absolute atomic E-state index is 0.103. The second kappa shape index (κ2) is 13.2. The van der Waals surface area contributed by atoms with Crippen molar-refractivity contribution >= 4 is 78.9 Å². The maximum absolute atomic E-state index is 10.1. The van der Waals surface area contributed by atoms with Crippen molar-refractivity contribution in [2.75, 3.05) is 13.2 Å². The second-order valence-corrected chi connectivity index (χ2v) is 10.5. The van der Waals surface area contributed by atoms with E-state index in [1.165, 1.54) is 12.4 Å². The van der Waals surface area contributed by atoms with Crippen molar-refractivity contribution in [3.8, 4) is 23.0 Å². The summed E-state index contributed by atoms with van der Waals surface area (Å²) in [7, 11) is 0.